The monoisotopic (exact) mass is 532 g/mol. The number of imidazole rings is 1. The molecule has 0 saturated carbocycles. The number of fused-ring (bicyclic) bond motifs is 2. The highest BCUT2D eigenvalue weighted by Crippen LogP contribution is 2.31. The summed E-state index contributed by atoms with van der Waals surface area (Å²) in [5, 5.41) is 3.12. The molecule has 1 aromatic carbocycles. The summed E-state index contributed by atoms with van der Waals surface area (Å²) >= 11 is 0. The fourth-order valence-corrected chi connectivity index (χ4v) is 5.92. The van der Waals surface area contributed by atoms with E-state index in [4.69, 9.17) is 4.98 Å². The van der Waals surface area contributed by atoms with Gasteiger partial charge in [-0.25, -0.2) is 28.7 Å². The molecule has 1 N–H and O–H groups in total. The Hall–Kier alpha value is -3.50. The van der Waals surface area contributed by atoms with E-state index in [-0.39, 0.29) is 23.2 Å². The number of hydrogen-bond donors (Lipinski definition) is 1. The Morgan fingerprint density at radius 1 is 1.05 bits per heavy atom. The van der Waals surface area contributed by atoms with E-state index in [0.29, 0.717) is 22.7 Å². The van der Waals surface area contributed by atoms with Gasteiger partial charge in [-0.3, -0.25) is 4.90 Å². The zero-order chi connectivity index (χ0) is 27.3. The topological polar surface area (TPSA) is 75.0 Å². The van der Waals surface area contributed by atoms with Crippen LogP contribution in [0.5, 0.6) is 0 Å². The van der Waals surface area contributed by atoms with Crippen LogP contribution in [0, 0.1) is 24.5 Å². The van der Waals surface area contributed by atoms with Crippen molar-refractivity contribution < 1.29 is 8.78 Å². The summed E-state index contributed by atoms with van der Waals surface area (Å²) in [6.07, 6.45) is 1.99. The third-order valence-electron chi connectivity index (χ3n) is 7.82. The summed E-state index contributed by atoms with van der Waals surface area (Å²) in [4.78, 5) is 22.7. The number of anilines is 2. The van der Waals surface area contributed by atoms with Gasteiger partial charge >= 0.3 is 0 Å². The van der Waals surface area contributed by atoms with Crippen molar-refractivity contribution in [2.24, 2.45) is 5.92 Å². The molecular formula is C29H34F2N8. The molecule has 1 saturated heterocycles. The number of benzene rings is 1. The van der Waals surface area contributed by atoms with Crippen LogP contribution in [0.4, 0.5) is 20.5 Å². The number of nitrogens with zero attached hydrogens (tertiary/aromatic N) is 7. The molecule has 0 bridgehead atoms. The van der Waals surface area contributed by atoms with E-state index in [1.54, 1.807) is 6.07 Å². The smallest absolute Gasteiger partial charge is 0.229 e. The first-order valence-electron chi connectivity index (χ1n) is 13.7. The highest BCUT2D eigenvalue weighted by molar-refractivity contribution is 5.83. The van der Waals surface area contributed by atoms with Gasteiger partial charge in [0.15, 0.2) is 11.6 Å². The first-order chi connectivity index (χ1) is 18.8. The van der Waals surface area contributed by atoms with Gasteiger partial charge in [-0.15, -0.1) is 0 Å². The third-order valence-corrected chi connectivity index (χ3v) is 7.82. The largest absolute Gasteiger partial charge is 0.326 e. The first kappa shape index (κ1) is 25.8. The van der Waals surface area contributed by atoms with Crippen LogP contribution in [0.2, 0.25) is 0 Å². The lowest BCUT2D eigenvalue weighted by molar-refractivity contribution is 0.0676. The second-order valence-corrected chi connectivity index (χ2v) is 11.0. The molecule has 8 nitrogen and oxygen atoms in total. The van der Waals surface area contributed by atoms with Crippen LogP contribution in [0.3, 0.4) is 0 Å². The molecule has 39 heavy (non-hydrogen) atoms. The highest BCUT2D eigenvalue weighted by atomic mass is 19.1. The minimum absolute atomic E-state index is 0.0219. The molecular weight excluding hydrogens is 498 g/mol. The molecule has 2 aliphatic heterocycles. The molecule has 1 fully saturated rings. The lowest BCUT2D eigenvalue weighted by Crippen LogP contribution is -2.51. The van der Waals surface area contributed by atoms with Crippen LogP contribution in [0.15, 0.2) is 30.5 Å². The van der Waals surface area contributed by atoms with Gasteiger partial charge in [-0.1, -0.05) is 13.0 Å². The van der Waals surface area contributed by atoms with Gasteiger partial charge in [0.2, 0.25) is 5.95 Å². The van der Waals surface area contributed by atoms with Gasteiger partial charge in [-0.2, -0.15) is 0 Å². The fraction of sp³-hybridized carbons (Fsp3) is 0.448. The zero-order valence-electron chi connectivity index (χ0n) is 22.9. The molecule has 0 radical (unpaired) electrons. The first-order valence-corrected chi connectivity index (χ1v) is 13.7. The molecule has 0 spiro atoms. The van der Waals surface area contributed by atoms with Crippen LogP contribution in [0.25, 0.3) is 22.3 Å². The number of pyridine rings is 1. The predicted molar refractivity (Wildman–Crippen MR) is 148 cm³/mol. The number of aromatic nitrogens is 5. The van der Waals surface area contributed by atoms with Crippen LogP contribution in [-0.4, -0.2) is 67.0 Å². The standard InChI is InChI=1S/C29H34F2N8/c1-5-37-13-19(14-37)15-38-9-8-24-20(16-38)6-7-26(34-24)35-29-32-12-23(31)27(36-29)21-10-22(30)28-25(11-21)39(17(2)3)18(4)33-28/h6-7,10-12,17,19H,5,8-9,13-16H2,1-4H3,(H,32,34,35,36). The van der Waals surface area contributed by atoms with Crippen molar-refractivity contribution in [3.63, 3.8) is 0 Å². The summed E-state index contributed by atoms with van der Waals surface area (Å²) in [6, 6.07) is 7.09. The Bertz CT molecular complexity index is 1530. The molecule has 2 aliphatic rings. The summed E-state index contributed by atoms with van der Waals surface area (Å²) in [6.45, 7) is 14.6. The Balaban J connectivity index is 1.21. The van der Waals surface area contributed by atoms with Crippen molar-refractivity contribution in [2.45, 2.75) is 46.7 Å². The van der Waals surface area contributed by atoms with Crippen molar-refractivity contribution in [3.8, 4) is 11.3 Å². The Morgan fingerprint density at radius 2 is 1.87 bits per heavy atom. The second kappa shape index (κ2) is 10.2. The maximum absolute atomic E-state index is 15.0. The van der Waals surface area contributed by atoms with Crippen molar-refractivity contribution in [1.82, 2.24) is 34.3 Å². The second-order valence-electron chi connectivity index (χ2n) is 11.0. The van der Waals surface area contributed by atoms with Gasteiger partial charge < -0.3 is 14.8 Å². The van der Waals surface area contributed by atoms with Crippen LogP contribution in [0.1, 0.15) is 43.9 Å². The summed E-state index contributed by atoms with van der Waals surface area (Å²) in [5.41, 5.74) is 3.53. The summed E-state index contributed by atoms with van der Waals surface area (Å²) in [5.74, 6) is 1.13. The van der Waals surface area contributed by atoms with Gasteiger partial charge in [0.1, 0.15) is 22.9 Å². The number of hydrogen-bond acceptors (Lipinski definition) is 7. The van der Waals surface area contributed by atoms with Crippen molar-refractivity contribution in [1.29, 1.82) is 0 Å². The van der Waals surface area contributed by atoms with Crippen molar-refractivity contribution >= 4 is 22.8 Å². The van der Waals surface area contributed by atoms with E-state index < -0.39 is 11.6 Å². The van der Waals surface area contributed by atoms with E-state index in [1.807, 2.05) is 31.4 Å². The van der Waals surface area contributed by atoms with Gasteiger partial charge in [0.25, 0.3) is 0 Å². The molecule has 0 aliphatic carbocycles. The molecule has 0 atom stereocenters. The average molecular weight is 533 g/mol. The molecule has 10 heteroatoms. The number of nitrogens with one attached hydrogen (secondary N) is 1. The third kappa shape index (κ3) is 4.98. The Morgan fingerprint density at radius 3 is 2.64 bits per heavy atom. The summed E-state index contributed by atoms with van der Waals surface area (Å²) in [7, 11) is 0. The van der Waals surface area contributed by atoms with Crippen LogP contribution >= 0.6 is 0 Å². The number of rotatable bonds is 7. The summed E-state index contributed by atoms with van der Waals surface area (Å²) < 4.78 is 31.8. The van der Waals surface area contributed by atoms with E-state index in [0.717, 1.165) is 50.4 Å². The van der Waals surface area contributed by atoms with Crippen molar-refractivity contribution in [2.75, 3.05) is 38.0 Å². The van der Waals surface area contributed by atoms with E-state index in [1.165, 1.54) is 24.7 Å². The number of aryl methyl sites for hydroxylation is 1. The van der Waals surface area contributed by atoms with Gasteiger partial charge in [0.05, 0.1) is 11.7 Å². The quantitative estimate of drug-likeness (QED) is 0.355. The maximum atomic E-state index is 15.0. The average Bonchev–Trinajstić information content (AvgIpc) is 3.23. The van der Waals surface area contributed by atoms with Gasteiger partial charge in [-0.05, 0) is 57.0 Å². The van der Waals surface area contributed by atoms with Crippen molar-refractivity contribution in [3.05, 3.63) is 59.2 Å². The lowest BCUT2D eigenvalue weighted by atomic mass is 9.97. The SMILES string of the molecule is CCN1CC(CN2CCc3nc(Nc4ncc(F)c(-c5cc(F)c6nc(C)n(C(C)C)c6c5)n4)ccc3C2)C1. The minimum Gasteiger partial charge on any atom is -0.326 e. The zero-order valence-corrected chi connectivity index (χ0v) is 22.9. The Labute approximate surface area is 227 Å². The molecule has 0 amide bonds. The van der Waals surface area contributed by atoms with Crippen LogP contribution < -0.4 is 5.32 Å². The number of likely N-dealkylation sites (tertiary alicyclic amines) is 1. The van der Waals surface area contributed by atoms with Crippen LogP contribution in [-0.2, 0) is 13.0 Å². The lowest BCUT2D eigenvalue weighted by Gasteiger charge is -2.42. The molecule has 5 heterocycles. The maximum Gasteiger partial charge on any atom is 0.229 e. The fourth-order valence-electron chi connectivity index (χ4n) is 5.92. The van der Waals surface area contributed by atoms with E-state index in [9.17, 15) is 4.39 Å². The molecule has 3 aromatic heterocycles. The molecule has 204 valence electrons. The van der Waals surface area contributed by atoms with E-state index >= 15 is 4.39 Å². The van der Waals surface area contributed by atoms with Gasteiger partial charge in [0, 0.05) is 56.4 Å². The predicted octanol–water partition coefficient (Wildman–Crippen LogP) is 5.11. The Kier molecular flexibility index (Phi) is 6.76. The molecule has 0 unspecified atom stereocenters. The number of halogens is 2. The van der Waals surface area contributed by atoms with E-state index in [2.05, 4.69) is 43.1 Å². The molecule has 4 aromatic rings. The normalized spacial score (nSPS) is 16.6. The minimum atomic E-state index is -0.626. The highest BCUT2D eigenvalue weighted by Gasteiger charge is 2.28. The molecule has 6 rings (SSSR count).